The molecule has 1 aliphatic rings. The summed E-state index contributed by atoms with van der Waals surface area (Å²) in [7, 11) is 0. The minimum atomic E-state index is -1.34. The van der Waals surface area contributed by atoms with Crippen LogP contribution >= 0.6 is 0 Å². The summed E-state index contributed by atoms with van der Waals surface area (Å²) in [4.78, 5) is 35.1. The molecule has 6 nitrogen and oxygen atoms in total. The number of benzene rings is 1. The Bertz CT molecular complexity index is 458. The first kappa shape index (κ1) is 10.3. The van der Waals surface area contributed by atoms with Crippen molar-refractivity contribution in [3.8, 4) is 0 Å². The zero-order chi connectivity index (χ0) is 11.7. The summed E-state index contributed by atoms with van der Waals surface area (Å²) in [5.41, 5.74) is 5.74. The fraction of sp³-hybridized carbons (Fsp3) is 0.100. The molecule has 0 aromatic heterocycles. The van der Waals surface area contributed by atoms with Gasteiger partial charge in [-0.3, -0.25) is 14.9 Å². The van der Waals surface area contributed by atoms with Crippen LogP contribution in [-0.4, -0.2) is 23.9 Å². The van der Waals surface area contributed by atoms with Gasteiger partial charge in [-0.05, 0) is 12.1 Å². The van der Waals surface area contributed by atoms with Crippen LogP contribution in [0.1, 0.15) is 0 Å². The highest BCUT2D eigenvalue weighted by Crippen LogP contribution is 2.16. The molecule has 1 unspecified atom stereocenters. The number of carbonyl (C=O) groups is 3. The summed E-state index contributed by atoms with van der Waals surface area (Å²) in [5.74, 6) is -1.50. The number of amides is 4. The molecule has 1 fully saturated rings. The molecule has 0 radical (unpaired) electrons. The number of nitrogens with zero attached hydrogens (tertiary/aromatic N) is 1. The van der Waals surface area contributed by atoms with Crippen molar-refractivity contribution in [2.45, 2.75) is 6.04 Å². The monoisotopic (exact) mass is 219 g/mol. The van der Waals surface area contributed by atoms with E-state index in [2.05, 4.69) is 0 Å². The Labute approximate surface area is 91.0 Å². The first-order valence-corrected chi connectivity index (χ1v) is 4.60. The van der Waals surface area contributed by atoms with Crippen LogP contribution in [0.4, 0.5) is 10.5 Å². The van der Waals surface area contributed by atoms with Gasteiger partial charge in [-0.15, -0.1) is 0 Å². The number of para-hydroxylation sites is 1. The van der Waals surface area contributed by atoms with E-state index in [9.17, 15) is 14.4 Å². The van der Waals surface area contributed by atoms with Crippen LogP contribution in [0.15, 0.2) is 30.3 Å². The van der Waals surface area contributed by atoms with E-state index < -0.39 is 23.9 Å². The minimum absolute atomic E-state index is 0.382. The Hall–Kier alpha value is -2.21. The van der Waals surface area contributed by atoms with Gasteiger partial charge in [0, 0.05) is 0 Å². The third-order valence-electron chi connectivity index (χ3n) is 2.22. The van der Waals surface area contributed by atoms with Crippen LogP contribution < -0.4 is 16.0 Å². The van der Waals surface area contributed by atoms with Gasteiger partial charge in [0.1, 0.15) is 0 Å². The van der Waals surface area contributed by atoms with Crippen LogP contribution in [-0.2, 0) is 9.59 Å². The molecular weight excluding hydrogens is 210 g/mol. The SMILES string of the molecule is NC1C(=O)NC(=O)N(c2ccccc2)C1=O. The topological polar surface area (TPSA) is 92.5 Å². The van der Waals surface area contributed by atoms with E-state index in [0.717, 1.165) is 4.90 Å². The second-order valence-electron chi connectivity index (χ2n) is 3.28. The van der Waals surface area contributed by atoms with E-state index in [0.29, 0.717) is 5.69 Å². The second kappa shape index (κ2) is 3.74. The van der Waals surface area contributed by atoms with Crippen LogP contribution in [0.2, 0.25) is 0 Å². The molecule has 3 N–H and O–H groups in total. The molecular formula is C10H9N3O3. The predicted molar refractivity (Wildman–Crippen MR) is 55.4 cm³/mol. The molecule has 0 spiro atoms. The summed E-state index contributed by atoms with van der Waals surface area (Å²) in [6.07, 6.45) is 0. The molecule has 1 aromatic carbocycles. The van der Waals surface area contributed by atoms with E-state index in [1.807, 2.05) is 5.32 Å². The van der Waals surface area contributed by atoms with Gasteiger partial charge in [0.25, 0.3) is 11.8 Å². The molecule has 1 atom stereocenters. The van der Waals surface area contributed by atoms with Gasteiger partial charge < -0.3 is 5.73 Å². The third-order valence-corrected chi connectivity index (χ3v) is 2.22. The van der Waals surface area contributed by atoms with Crippen molar-refractivity contribution in [3.63, 3.8) is 0 Å². The maximum atomic E-state index is 11.7. The van der Waals surface area contributed by atoms with E-state index >= 15 is 0 Å². The van der Waals surface area contributed by atoms with E-state index in [1.54, 1.807) is 30.3 Å². The maximum Gasteiger partial charge on any atom is 0.335 e. The Morgan fingerprint density at radius 2 is 1.75 bits per heavy atom. The molecule has 0 aliphatic carbocycles. The summed E-state index contributed by atoms with van der Waals surface area (Å²) >= 11 is 0. The standard InChI is InChI=1S/C10H9N3O3/c11-7-8(14)12-10(16)13(9(7)15)6-4-2-1-3-5-6/h1-5,7H,11H2,(H,12,14,16). The number of urea groups is 1. The van der Waals surface area contributed by atoms with Crippen molar-refractivity contribution in [2.75, 3.05) is 4.90 Å². The van der Waals surface area contributed by atoms with Crippen LogP contribution in [0.25, 0.3) is 0 Å². The molecule has 1 aromatic rings. The zero-order valence-electron chi connectivity index (χ0n) is 8.21. The molecule has 4 amide bonds. The average Bonchev–Trinajstić information content (AvgIpc) is 2.28. The number of nitrogens with one attached hydrogen (secondary N) is 1. The lowest BCUT2D eigenvalue weighted by molar-refractivity contribution is -0.130. The van der Waals surface area contributed by atoms with Gasteiger partial charge in [0.05, 0.1) is 5.69 Å². The van der Waals surface area contributed by atoms with Gasteiger partial charge in [0.15, 0.2) is 6.04 Å². The van der Waals surface area contributed by atoms with Crippen molar-refractivity contribution in [3.05, 3.63) is 30.3 Å². The normalized spacial score (nSPS) is 20.9. The first-order valence-electron chi connectivity index (χ1n) is 4.60. The molecule has 1 heterocycles. The molecule has 1 saturated heterocycles. The number of hydrogen-bond acceptors (Lipinski definition) is 4. The highest BCUT2D eigenvalue weighted by atomic mass is 16.2. The van der Waals surface area contributed by atoms with Crippen LogP contribution in [0.3, 0.4) is 0 Å². The number of anilines is 1. The lowest BCUT2D eigenvalue weighted by Gasteiger charge is -2.27. The summed E-state index contributed by atoms with van der Waals surface area (Å²) in [6.45, 7) is 0. The fourth-order valence-electron chi connectivity index (χ4n) is 1.41. The molecule has 82 valence electrons. The number of carbonyl (C=O) groups excluding carboxylic acids is 3. The van der Waals surface area contributed by atoms with Crippen molar-refractivity contribution in [1.82, 2.24) is 5.32 Å². The summed E-state index contributed by atoms with van der Waals surface area (Å²) < 4.78 is 0. The van der Waals surface area contributed by atoms with Crippen molar-refractivity contribution >= 4 is 23.5 Å². The summed E-state index contributed by atoms with van der Waals surface area (Å²) in [6, 6.07) is 6.16. The third kappa shape index (κ3) is 1.55. The Morgan fingerprint density at radius 3 is 2.38 bits per heavy atom. The Morgan fingerprint density at radius 1 is 1.12 bits per heavy atom. The Balaban J connectivity index is 2.38. The number of rotatable bonds is 1. The van der Waals surface area contributed by atoms with Crippen molar-refractivity contribution < 1.29 is 14.4 Å². The van der Waals surface area contributed by atoms with Gasteiger partial charge in [0.2, 0.25) is 0 Å². The second-order valence-corrected chi connectivity index (χ2v) is 3.28. The van der Waals surface area contributed by atoms with Crippen molar-refractivity contribution in [1.29, 1.82) is 0 Å². The quantitative estimate of drug-likeness (QED) is 0.628. The Kier molecular flexibility index (Phi) is 2.41. The lowest BCUT2D eigenvalue weighted by atomic mass is 10.2. The molecule has 2 rings (SSSR count). The lowest BCUT2D eigenvalue weighted by Crippen LogP contribution is -2.63. The molecule has 0 bridgehead atoms. The highest BCUT2D eigenvalue weighted by Gasteiger charge is 2.38. The van der Waals surface area contributed by atoms with E-state index in [-0.39, 0.29) is 0 Å². The van der Waals surface area contributed by atoms with Gasteiger partial charge >= 0.3 is 6.03 Å². The van der Waals surface area contributed by atoms with Crippen LogP contribution in [0, 0.1) is 0 Å². The smallest absolute Gasteiger partial charge is 0.312 e. The molecule has 1 aliphatic heterocycles. The first-order chi connectivity index (χ1) is 7.61. The predicted octanol–water partition coefficient (Wildman–Crippen LogP) is -0.403. The average molecular weight is 219 g/mol. The maximum absolute atomic E-state index is 11.7. The molecule has 16 heavy (non-hydrogen) atoms. The fourth-order valence-corrected chi connectivity index (χ4v) is 1.41. The van der Waals surface area contributed by atoms with E-state index in [4.69, 9.17) is 5.73 Å². The number of imide groups is 2. The van der Waals surface area contributed by atoms with Gasteiger partial charge in [-0.25, -0.2) is 9.69 Å². The number of nitrogens with two attached hydrogens (primary N) is 1. The largest absolute Gasteiger partial charge is 0.335 e. The van der Waals surface area contributed by atoms with Gasteiger partial charge in [-0.1, -0.05) is 18.2 Å². The number of barbiturate groups is 1. The van der Waals surface area contributed by atoms with Crippen molar-refractivity contribution in [2.24, 2.45) is 5.73 Å². The molecule has 6 heteroatoms. The molecule has 0 saturated carbocycles. The van der Waals surface area contributed by atoms with Crippen LogP contribution in [0.5, 0.6) is 0 Å². The minimum Gasteiger partial charge on any atom is -0.312 e. The van der Waals surface area contributed by atoms with Gasteiger partial charge in [-0.2, -0.15) is 0 Å². The van der Waals surface area contributed by atoms with E-state index in [1.165, 1.54) is 0 Å². The zero-order valence-corrected chi connectivity index (χ0v) is 8.21. The highest BCUT2D eigenvalue weighted by molar-refractivity contribution is 6.29. The summed E-state index contributed by atoms with van der Waals surface area (Å²) in [5, 5.41) is 2.01. The number of hydrogen-bond donors (Lipinski definition) is 2.